The number of nitrogens with one attached hydrogen (secondary N) is 1. The molecule has 1 fully saturated rings. The summed E-state index contributed by atoms with van der Waals surface area (Å²) in [7, 11) is 0. The highest BCUT2D eigenvalue weighted by molar-refractivity contribution is 6.31. The highest BCUT2D eigenvalue weighted by Gasteiger charge is 2.24. The van der Waals surface area contributed by atoms with Gasteiger partial charge in [-0.15, -0.1) is 0 Å². The van der Waals surface area contributed by atoms with Crippen LogP contribution < -0.4 is 5.32 Å². The Morgan fingerprint density at radius 3 is 2.57 bits per heavy atom. The fourth-order valence-corrected chi connectivity index (χ4v) is 4.18. The van der Waals surface area contributed by atoms with Crippen molar-refractivity contribution < 1.29 is 9.59 Å². The van der Waals surface area contributed by atoms with E-state index in [0.29, 0.717) is 31.1 Å². The summed E-state index contributed by atoms with van der Waals surface area (Å²) in [6.07, 6.45) is 4.76. The second-order valence-corrected chi connectivity index (χ2v) is 8.29. The molecule has 0 saturated carbocycles. The molecule has 0 unspecified atom stereocenters. The zero-order valence-electron chi connectivity index (χ0n) is 16.9. The highest BCUT2D eigenvalue weighted by atomic mass is 35.5. The zero-order valence-corrected chi connectivity index (χ0v) is 17.6. The Labute approximate surface area is 181 Å². The van der Waals surface area contributed by atoms with E-state index in [1.54, 1.807) is 0 Å². The number of carbonyl (C=O) groups excluding carboxylic acids is 2. The number of amides is 2. The van der Waals surface area contributed by atoms with Gasteiger partial charge in [0.05, 0.1) is 0 Å². The standard InChI is InChI=1S/C24H26ClN3O2/c25-20-8-7-19-10-13-28(22(19)16-20)17-24(30)27-14-11-21(12-15-27)26-23(29)9-6-18-4-2-1-3-5-18/h1-5,7-8,10,13,16,21H,6,9,11-12,14-15,17H2,(H,26,29). The summed E-state index contributed by atoms with van der Waals surface area (Å²) in [6, 6.07) is 17.9. The molecule has 0 atom stereocenters. The zero-order chi connectivity index (χ0) is 20.9. The summed E-state index contributed by atoms with van der Waals surface area (Å²) in [5.74, 6) is 0.181. The Hall–Kier alpha value is -2.79. The van der Waals surface area contributed by atoms with E-state index in [0.717, 1.165) is 30.2 Å². The number of hydrogen-bond acceptors (Lipinski definition) is 2. The summed E-state index contributed by atoms with van der Waals surface area (Å²) in [6.45, 7) is 1.64. The molecule has 2 amide bonds. The average molecular weight is 424 g/mol. The van der Waals surface area contributed by atoms with Crippen molar-refractivity contribution in [2.24, 2.45) is 0 Å². The number of hydrogen-bond donors (Lipinski definition) is 1. The molecule has 1 aliphatic rings. The fraction of sp³-hybridized carbons (Fsp3) is 0.333. The minimum atomic E-state index is 0.0827. The lowest BCUT2D eigenvalue weighted by atomic mass is 10.0. The molecule has 30 heavy (non-hydrogen) atoms. The van der Waals surface area contributed by atoms with Gasteiger partial charge in [0, 0.05) is 42.3 Å². The van der Waals surface area contributed by atoms with E-state index in [-0.39, 0.29) is 17.9 Å². The van der Waals surface area contributed by atoms with Crippen molar-refractivity contribution in [3.05, 3.63) is 71.4 Å². The number of nitrogens with zero attached hydrogens (tertiary/aromatic N) is 2. The van der Waals surface area contributed by atoms with Crippen LogP contribution in [0.5, 0.6) is 0 Å². The van der Waals surface area contributed by atoms with E-state index in [2.05, 4.69) is 5.32 Å². The molecule has 2 aromatic carbocycles. The lowest BCUT2D eigenvalue weighted by molar-refractivity contribution is -0.133. The van der Waals surface area contributed by atoms with E-state index in [4.69, 9.17) is 11.6 Å². The van der Waals surface area contributed by atoms with Crippen LogP contribution in [0.25, 0.3) is 10.9 Å². The fourth-order valence-electron chi connectivity index (χ4n) is 4.02. The van der Waals surface area contributed by atoms with Gasteiger partial charge in [-0.05, 0) is 48.4 Å². The molecule has 1 aromatic heterocycles. The van der Waals surface area contributed by atoms with Crippen molar-refractivity contribution in [2.45, 2.75) is 38.3 Å². The van der Waals surface area contributed by atoms with Gasteiger partial charge < -0.3 is 14.8 Å². The van der Waals surface area contributed by atoms with Gasteiger partial charge in [-0.3, -0.25) is 9.59 Å². The summed E-state index contributed by atoms with van der Waals surface area (Å²) < 4.78 is 1.95. The van der Waals surface area contributed by atoms with Crippen LogP contribution in [0.15, 0.2) is 60.8 Å². The van der Waals surface area contributed by atoms with Crippen LogP contribution in [0.4, 0.5) is 0 Å². The first-order valence-electron chi connectivity index (χ1n) is 10.4. The molecule has 1 saturated heterocycles. The Kier molecular flexibility index (Phi) is 6.38. The molecule has 3 aromatic rings. The molecule has 1 aliphatic heterocycles. The van der Waals surface area contributed by atoms with E-state index in [1.165, 1.54) is 5.56 Å². The molecule has 0 aliphatic carbocycles. The van der Waals surface area contributed by atoms with Gasteiger partial charge in [-0.1, -0.05) is 48.0 Å². The maximum atomic E-state index is 12.8. The number of carbonyl (C=O) groups is 2. The van der Waals surface area contributed by atoms with Gasteiger partial charge in [0.15, 0.2) is 0 Å². The molecule has 4 rings (SSSR count). The molecule has 0 spiro atoms. The van der Waals surface area contributed by atoms with Crippen molar-refractivity contribution >= 4 is 34.3 Å². The van der Waals surface area contributed by atoms with Crippen molar-refractivity contribution in [1.82, 2.24) is 14.8 Å². The molecular formula is C24H26ClN3O2. The molecule has 0 bridgehead atoms. The van der Waals surface area contributed by atoms with Gasteiger partial charge in [0.25, 0.3) is 0 Å². The first-order chi connectivity index (χ1) is 14.6. The average Bonchev–Trinajstić information content (AvgIpc) is 3.15. The van der Waals surface area contributed by atoms with Crippen molar-refractivity contribution in [3.8, 4) is 0 Å². The maximum Gasteiger partial charge on any atom is 0.242 e. The lowest BCUT2D eigenvalue weighted by Gasteiger charge is -2.32. The number of aryl methyl sites for hydroxylation is 1. The van der Waals surface area contributed by atoms with Gasteiger partial charge in [0.1, 0.15) is 6.54 Å². The molecule has 6 heteroatoms. The largest absolute Gasteiger partial charge is 0.353 e. The number of fused-ring (bicyclic) bond motifs is 1. The van der Waals surface area contributed by atoms with Gasteiger partial charge >= 0.3 is 0 Å². The topological polar surface area (TPSA) is 54.3 Å². The summed E-state index contributed by atoms with van der Waals surface area (Å²) in [4.78, 5) is 26.9. The van der Waals surface area contributed by atoms with Crippen LogP contribution in [-0.2, 0) is 22.6 Å². The number of piperidine rings is 1. The van der Waals surface area contributed by atoms with Crippen LogP contribution in [0, 0.1) is 0 Å². The monoisotopic (exact) mass is 423 g/mol. The predicted molar refractivity (Wildman–Crippen MR) is 119 cm³/mol. The van der Waals surface area contributed by atoms with Crippen LogP contribution in [0.1, 0.15) is 24.8 Å². The van der Waals surface area contributed by atoms with Crippen molar-refractivity contribution in [1.29, 1.82) is 0 Å². The third kappa shape index (κ3) is 5.03. The number of aromatic nitrogens is 1. The molecule has 156 valence electrons. The normalized spacial score (nSPS) is 14.8. The Morgan fingerprint density at radius 1 is 1.03 bits per heavy atom. The van der Waals surface area contributed by atoms with Gasteiger partial charge in [-0.2, -0.15) is 0 Å². The Morgan fingerprint density at radius 2 is 1.80 bits per heavy atom. The van der Waals surface area contributed by atoms with E-state index in [1.807, 2.05) is 70.3 Å². The van der Waals surface area contributed by atoms with Gasteiger partial charge in [0.2, 0.25) is 11.8 Å². The van der Waals surface area contributed by atoms with E-state index in [9.17, 15) is 9.59 Å². The molecule has 0 radical (unpaired) electrons. The van der Waals surface area contributed by atoms with Crippen molar-refractivity contribution in [2.75, 3.05) is 13.1 Å². The van der Waals surface area contributed by atoms with Crippen LogP contribution in [-0.4, -0.2) is 40.4 Å². The smallest absolute Gasteiger partial charge is 0.242 e. The molecule has 1 N–H and O–H groups in total. The summed E-state index contributed by atoms with van der Waals surface area (Å²) in [5.41, 5.74) is 2.14. The Bertz CT molecular complexity index is 1020. The highest BCUT2D eigenvalue weighted by Crippen LogP contribution is 2.21. The van der Waals surface area contributed by atoms with Crippen LogP contribution in [0.3, 0.4) is 0 Å². The summed E-state index contributed by atoms with van der Waals surface area (Å²) in [5, 5.41) is 4.87. The SMILES string of the molecule is O=C(CCc1ccccc1)NC1CCN(C(=O)Cn2ccc3ccc(Cl)cc32)CC1. The maximum absolute atomic E-state index is 12.8. The molecular weight excluding hydrogens is 398 g/mol. The third-order valence-corrected chi connectivity index (χ3v) is 5.97. The first-order valence-corrected chi connectivity index (χ1v) is 10.8. The number of likely N-dealkylation sites (tertiary alicyclic amines) is 1. The predicted octanol–water partition coefficient (Wildman–Crippen LogP) is 4.03. The number of benzene rings is 2. The lowest BCUT2D eigenvalue weighted by Crippen LogP contribution is -2.47. The minimum absolute atomic E-state index is 0.0827. The first kappa shape index (κ1) is 20.5. The minimum Gasteiger partial charge on any atom is -0.353 e. The van der Waals surface area contributed by atoms with E-state index < -0.39 is 0 Å². The second-order valence-electron chi connectivity index (χ2n) is 7.85. The third-order valence-electron chi connectivity index (χ3n) is 5.74. The second kappa shape index (κ2) is 9.35. The molecule has 2 heterocycles. The van der Waals surface area contributed by atoms with Crippen molar-refractivity contribution in [3.63, 3.8) is 0 Å². The van der Waals surface area contributed by atoms with E-state index >= 15 is 0 Å². The van der Waals surface area contributed by atoms with Gasteiger partial charge in [-0.25, -0.2) is 0 Å². The quantitative estimate of drug-likeness (QED) is 0.650. The van der Waals surface area contributed by atoms with Crippen LogP contribution >= 0.6 is 11.6 Å². The Balaban J connectivity index is 1.24. The number of halogens is 1. The number of rotatable bonds is 6. The van der Waals surface area contributed by atoms with Crippen LogP contribution in [0.2, 0.25) is 5.02 Å². The summed E-state index contributed by atoms with van der Waals surface area (Å²) >= 11 is 6.10. The molecule has 5 nitrogen and oxygen atoms in total.